The molecule has 2 aromatic rings. The quantitative estimate of drug-likeness (QED) is 0.796. The van der Waals surface area contributed by atoms with E-state index in [0.29, 0.717) is 36.8 Å². The number of piperazine rings is 1. The van der Waals surface area contributed by atoms with E-state index in [1.54, 1.807) is 22.3 Å². The van der Waals surface area contributed by atoms with Gasteiger partial charge in [0.05, 0.1) is 0 Å². The van der Waals surface area contributed by atoms with Crippen LogP contribution in [0.2, 0.25) is 0 Å². The number of amides is 1. The van der Waals surface area contributed by atoms with Crippen molar-refractivity contribution in [2.24, 2.45) is 0 Å². The highest BCUT2D eigenvalue weighted by molar-refractivity contribution is 7.91. The van der Waals surface area contributed by atoms with Gasteiger partial charge in [0, 0.05) is 37.5 Å². The van der Waals surface area contributed by atoms with Crippen LogP contribution in [0.15, 0.2) is 33.2 Å². The number of aryl methyl sites for hydroxylation is 2. The van der Waals surface area contributed by atoms with Crippen molar-refractivity contribution in [1.29, 1.82) is 0 Å². The molecule has 0 bridgehead atoms. The normalized spacial score (nSPS) is 16.5. The van der Waals surface area contributed by atoms with Crippen molar-refractivity contribution in [2.45, 2.75) is 24.0 Å². The second-order valence-electron chi connectivity index (χ2n) is 5.78. The van der Waals surface area contributed by atoms with E-state index in [1.165, 1.54) is 21.2 Å². The number of hydrogen-bond donors (Lipinski definition) is 0. The molecule has 5 nitrogen and oxygen atoms in total. The van der Waals surface area contributed by atoms with Gasteiger partial charge in [0.2, 0.25) is 5.91 Å². The van der Waals surface area contributed by atoms with Crippen LogP contribution in [-0.4, -0.2) is 49.7 Å². The highest BCUT2D eigenvalue weighted by Crippen LogP contribution is 2.25. The van der Waals surface area contributed by atoms with Gasteiger partial charge in [0.15, 0.2) is 0 Å². The van der Waals surface area contributed by atoms with E-state index >= 15 is 0 Å². The zero-order valence-corrected chi connectivity index (χ0v) is 15.9. The minimum absolute atomic E-state index is 0.102. The summed E-state index contributed by atoms with van der Waals surface area (Å²) in [7, 11) is -3.42. The van der Waals surface area contributed by atoms with Gasteiger partial charge in [0.1, 0.15) is 4.21 Å². The fraction of sp³-hybridized carbons (Fsp3) is 0.438. The Morgan fingerprint density at radius 3 is 2.50 bits per heavy atom. The Kier molecular flexibility index (Phi) is 5.39. The number of rotatable bonds is 5. The molecule has 0 spiro atoms. The molecule has 0 unspecified atom stereocenters. The maximum Gasteiger partial charge on any atom is 0.252 e. The Morgan fingerprint density at radius 1 is 1.17 bits per heavy atom. The van der Waals surface area contributed by atoms with Gasteiger partial charge in [-0.05, 0) is 47.9 Å². The van der Waals surface area contributed by atoms with Crippen LogP contribution in [-0.2, 0) is 21.2 Å². The number of carbonyl (C=O) groups excluding carboxylic acids is 1. The van der Waals surface area contributed by atoms with Crippen LogP contribution in [0.3, 0.4) is 0 Å². The van der Waals surface area contributed by atoms with Crippen LogP contribution < -0.4 is 0 Å². The lowest BCUT2D eigenvalue weighted by Crippen LogP contribution is -2.50. The van der Waals surface area contributed by atoms with Crippen molar-refractivity contribution in [3.63, 3.8) is 0 Å². The first kappa shape index (κ1) is 17.6. The van der Waals surface area contributed by atoms with Crippen LogP contribution in [0.5, 0.6) is 0 Å². The van der Waals surface area contributed by atoms with Crippen LogP contribution in [0.25, 0.3) is 0 Å². The summed E-state index contributed by atoms with van der Waals surface area (Å²) in [6.07, 6.45) is 1.23. The Morgan fingerprint density at radius 2 is 1.92 bits per heavy atom. The Labute approximate surface area is 150 Å². The van der Waals surface area contributed by atoms with Gasteiger partial charge >= 0.3 is 0 Å². The van der Waals surface area contributed by atoms with Gasteiger partial charge < -0.3 is 4.90 Å². The number of thiophene rings is 2. The first-order valence-electron chi connectivity index (χ1n) is 7.82. The summed E-state index contributed by atoms with van der Waals surface area (Å²) in [4.78, 5) is 15.0. The zero-order chi connectivity index (χ0) is 17.2. The molecule has 0 saturated carbocycles. The van der Waals surface area contributed by atoms with Crippen molar-refractivity contribution >= 4 is 38.6 Å². The van der Waals surface area contributed by atoms with Crippen molar-refractivity contribution < 1.29 is 13.2 Å². The summed E-state index contributed by atoms with van der Waals surface area (Å²) < 4.78 is 27.1. The zero-order valence-electron chi connectivity index (χ0n) is 13.5. The number of hydrogen-bond acceptors (Lipinski definition) is 5. The molecule has 1 aliphatic rings. The molecule has 1 amide bonds. The van der Waals surface area contributed by atoms with Gasteiger partial charge in [-0.3, -0.25) is 4.79 Å². The maximum absolute atomic E-state index is 12.6. The summed E-state index contributed by atoms with van der Waals surface area (Å²) in [5, 5.41) is 4.07. The largest absolute Gasteiger partial charge is 0.340 e. The number of nitrogens with zero attached hydrogens (tertiary/aromatic N) is 2. The molecule has 0 atom stereocenters. The van der Waals surface area contributed by atoms with E-state index in [-0.39, 0.29) is 5.91 Å². The highest BCUT2D eigenvalue weighted by atomic mass is 32.2. The third-order valence-corrected chi connectivity index (χ3v) is 8.21. The lowest BCUT2D eigenvalue weighted by atomic mass is 10.1. The molecule has 0 radical (unpaired) electrons. The van der Waals surface area contributed by atoms with Gasteiger partial charge in [-0.1, -0.05) is 0 Å². The minimum atomic E-state index is -3.42. The SMILES string of the molecule is Cc1ccc(S(=O)(=O)N2CCN(C(=O)CCc3ccsc3)CC2)s1. The smallest absolute Gasteiger partial charge is 0.252 e. The first-order valence-corrected chi connectivity index (χ1v) is 11.0. The Bertz CT molecular complexity index is 788. The predicted molar refractivity (Wildman–Crippen MR) is 97.0 cm³/mol. The summed E-state index contributed by atoms with van der Waals surface area (Å²) in [6.45, 7) is 3.55. The fourth-order valence-corrected chi connectivity index (χ4v) is 6.26. The monoisotopic (exact) mass is 384 g/mol. The van der Waals surface area contributed by atoms with Crippen LogP contribution in [0, 0.1) is 6.92 Å². The van der Waals surface area contributed by atoms with Gasteiger partial charge in [-0.15, -0.1) is 11.3 Å². The minimum Gasteiger partial charge on any atom is -0.340 e. The molecule has 0 N–H and O–H groups in total. The Balaban J connectivity index is 1.54. The van der Waals surface area contributed by atoms with Crippen LogP contribution in [0.4, 0.5) is 0 Å². The molecular weight excluding hydrogens is 364 g/mol. The summed E-state index contributed by atoms with van der Waals surface area (Å²) in [5.74, 6) is 0.102. The molecular formula is C16H20N2O3S3. The molecule has 1 aliphatic heterocycles. The van der Waals surface area contributed by atoms with E-state index in [9.17, 15) is 13.2 Å². The van der Waals surface area contributed by atoms with Gasteiger partial charge in [-0.25, -0.2) is 8.42 Å². The van der Waals surface area contributed by atoms with Crippen molar-refractivity contribution in [3.8, 4) is 0 Å². The first-order chi connectivity index (χ1) is 11.5. The molecule has 24 heavy (non-hydrogen) atoms. The highest BCUT2D eigenvalue weighted by Gasteiger charge is 2.30. The molecule has 3 heterocycles. The summed E-state index contributed by atoms with van der Waals surface area (Å²) in [6, 6.07) is 5.51. The second-order valence-corrected chi connectivity index (χ2v) is 10.0. The molecule has 1 saturated heterocycles. The average Bonchev–Trinajstić information content (AvgIpc) is 3.24. The molecule has 8 heteroatoms. The molecule has 0 aliphatic carbocycles. The topological polar surface area (TPSA) is 57.7 Å². The molecule has 1 fully saturated rings. The third kappa shape index (κ3) is 3.88. The molecule has 130 valence electrons. The summed E-state index contributed by atoms with van der Waals surface area (Å²) in [5.41, 5.74) is 1.18. The van der Waals surface area contributed by atoms with E-state index in [2.05, 4.69) is 5.38 Å². The van der Waals surface area contributed by atoms with Gasteiger partial charge in [-0.2, -0.15) is 15.6 Å². The molecule has 0 aromatic carbocycles. The standard InChI is InChI=1S/C16H20N2O3S3/c1-13-2-5-16(23-13)24(20,21)18-9-7-17(8-10-18)15(19)4-3-14-6-11-22-12-14/h2,5-6,11-12H,3-4,7-10H2,1H3. The Hall–Kier alpha value is -1.22. The summed E-state index contributed by atoms with van der Waals surface area (Å²) >= 11 is 2.93. The molecule has 2 aromatic heterocycles. The number of carbonyl (C=O) groups is 1. The van der Waals surface area contributed by atoms with Crippen LogP contribution >= 0.6 is 22.7 Å². The fourth-order valence-electron chi connectivity index (χ4n) is 2.70. The third-order valence-electron chi connectivity index (χ3n) is 4.11. The van der Waals surface area contributed by atoms with Crippen molar-refractivity contribution in [2.75, 3.05) is 26.2 Å². The second kappa shape index (κ2) is 7.35. The maximum atomic E-state index is 12.6. The van der Waals surface area contributed by atoms with E-state index in [0.717, 1.165) is 11.3 Å². The molecule has 3 rings (SSSR count). The average molecular weight is 385 g/mol. The van der Waals surface area contributed by atoms with E-state index in [1.807, 2.05) is 24.4 Å². The van der Waals surface area contributed by atoms with Gasteiger partial charge in [0.25, 0.3) is 10.0 Å². The van der Waals surface area contributed by atoms with Crippen molar-refractivity contribution in [1.82, 2.24) is 9.21 Å². The predicted octanol–water partition coefficient (Wildman–Crippen LogP) is 2.58. The van der Waals surface area contributed by atoms with Crippen LogP contribution in [0.1, 0.15) is 16.9 Å². The lowest BCUT2D eigenvalue weighted by Gasteiger charge is -2.33. The van der Waals surface area contributed by atoms with E-state index in [4.69, 9.17) is 0 Å². The lowest BCUT2D eigenvalue weighted by molar-refractivity contribution is -0.132. The van der Waals surface area contributed by atoms with E-state index < -0.39 is 10.0 Å². The number of sulfonamides is 1. The van der Waals surface area contributed by atoms with Crippen molar-refractivity contribution in [3.05, 3.63) is 39.4 Å².